The molecule has 1 aromatic carbocycles. The number of nitrogens with zero attached hydrogens (tertiary/aromatic N) is 2. The van der Waals surface area contributed by atoms with Gasteiger partial charge in [0.15, 0.2) is 11.3 Å². The summed E-state index contributed by atoms with van der Waals surface area (Å²) in [4.78, 5) is 8.70. The highest BCUT2D eigenvalue weighted by Crippen LogP contribution is 2.36. The average Bonchev–Trinajstić information content (AvgIpc) is 2.91. The third-order valence-electron chi connectivity index (χ3n) is 3.43. The summed E-state index contributed by atoms with van der Waals surface area (Å²) in [6, 6.07) is 7.67. The molecule has 4 nitrogen and oxygen atoms in total. The molecular weight excluding hydrogens is 286 g/mol. The lowest BCUT2D eigenvalue weighted by atomic mass is 10.0. The molecule has 0 spiro atoms. The van der Waals surface area contributed by atoms with Crippen LogP contribution in [0.3, 0.4) is 0 Å². The van der Waals surface area contributed by atoms with Crippen molar-refractivity contribution in [1.82, 2.24) is 9.97 Å². The summed E-state index contributed by atoms with van der Waals surface area (Å²) in [5.74, 6) is 1.80. The lowest BCUT2D eigenvalue weighted by Gasteiger charge is -2.13. The van der Waals surface area contributed by atoms with Gasteiger partial charge in [0.1, 0.15) is 17.8 Å². The van der Waals surface area contributed by atoms with Crippen molar-refractivity contribution in [2.24, 2.45) is 0 Å². The molecule has 3 aromatic rings. The second-order valence-electron chi connectivity index (χ2n) is 5.16. The molecule has 2 heterocycles. The Labute approximate surface area is 128 Å². The van der Waals surface area contributed by atoms with Gasteiger partial charge in [-0.2, -0.15) is 0 Å². The molecule has 0 bridgehead atoms. The zero-order chi connectivity index (χ0) is 15.0. The Balaban J connectivity index is 2.25. The van der Waals surface area contributed by atoms with Crippen LogP contribution in [-0.2, 0) is 0 Å². The first-order valence-corrected chi connectivity index (χ1v) is 7.20. The third-order valence-corrected chi connectivity index (χ3v) is 3.73. The first-order chi connectivity index (χ1) is 10.1. The van der Waals surface area contributed by atoms with E-state index in [1.165, 1.54) is 0 Å². The second kappa shape index (κ2) is 5.37. The molecule has 3 rings (SSSR count). The average molecular weight is 302 g/mol. The molecule has 108 valence electrons. The molecule has 0 saturated heterocycles. The summed E-state index contributed by atoms with van der Waals surface area (Å²) in [5.41, 5.74) is 2.53. The number of hydrogen-bond donors (Lipinski definition) is 1. The van der Waals surface area contributed by atoms with Gasteiger partial charge in [-0.05, 0) is 18.1 Å². The van der Waals surface area contributed by atoms with Gasteiger partial charge >= 0.3 is 0 Å². The van der Waals surface area contributed by atoms with Crippen molar-refractivity contribution in [1.29, 1.82) is 0 Å². The topological polar surface area (TPSA) is 51.0 Å². The van der Waals surface area contributed by atoms with Gasteiger partial charge in [-0.25, -0.2) is 9.97 Å². The lowest BCUT2D eigenvalue weighted by molar-refractivity contribution is 0.626. The highest BCUT2D eigenvalue weighted by Gasteiger charge is 2.19. The van der Waals surface area contributed by atoms with E-state index < -0.39 is 0 Å². The molecule has 0 aliphatic rings. The van der Waals surface area contributed by atoms with Crippen molar-refractivity contribution in [3.05, 3.63) is 41.2 Å². The largest absolute Gasteiger partial charge is 0.453 e. The standard InChI is InChI=1S/C16H16ClN3O/c1-9(2)13-14(19-8-20-16(13)18-3)12-7-10-5-4-6-11(17)15(10)21-12/h4-9H,1-3H3,(H,18,19,20). The molecule has 0 fully saturated rings. The molecule has 2 aromatic heterocycles. The molecule has 0 aliphatic carbocycles. The molecule has 0 atom stereocenters. The maximum atomic E-state index is 6.18. The molecule has 5 heteroatoms. The van der Waals surface area contributed by atoms with E-state index in [0.717, 1.165) is 22.5 Å². The van der Waals surface area contributed by atoms with E-state index in [4.69, 9.17) is 16.0 Å². The van der Waals surface area contributed by atoms with Crippen LogP contribution >= 0.6 is 11.6 Å². The number of nitrogens with one attached hydrogen (secondary N) is 1. The van der Waals surface area contributed by atoms with E-state index in [1.54, 1.807) is 6.33 Å². The summed E-state index contributed by atoms with van der Waals surface area (Å²) < 4.78 is 5.93. The van der Waals surface area contributed by atoms with Gasteiger partial charge in [0, 0.05) is 18.0 Å². The normalized spacial score (nSPS) is 11.3. The first-order valence-electron chi connectivity index (χ1n) is 6.83. The monoisotopic (exact) mass is 301 g/mol. The number of furan rings is 1. The lowest BCUT2D eigenvalue weighted by Crippen LogP contribution is -2.04. The van der Waals surface area contributed by atoms with Crippen LogP contribution in [0.2, 0.25) is 5.02 Å². The van der Waals surface area contributed by atoms with Crippen LogP contribution in [-0.4, -0.2) is 17.0 Å². The van der Waals surface area contributed by atoms with Crippen molar-refractivity contribution in [2.75, 3.05) is 12.4 Å². The predicted octanol–water partition coefficient (Wildman–Crippen LogP) is 4.71. The van der Waals surface area contributed by atoms with Gasteiger partial charge < -0.3 is 9.73 Å². The number of anilines is 1. The number of fused-ring (bicyclic) bond motifs is 1. The number of aromatic nitrogens is 2. The number of para-hydroxylation sites is 1. The van der Waals surface area contributed by atoms with Crippen LogP contribution in [0.1, 0.15) is 25.3 Å². The van der Waals surface area contributed by atoms with Crippen LogP contribution in [0.25, 0.3) is 22.4 Å². The molecule has 0 unspecified atom stereocenters. The zero-order valence-corrected chi connectivity index (χ0v) is 12.9. The highest BCUT2D eigenvalue weighted by atomic mass is 35.5. The van der Waals surface area contributed by atoms with Crippen molar-refractivity contribution in [2.45, 2.75) is 19.8 Å². The van der Waals surface area contributed by atoms with Gasteiger partial charge in [-0.1, -0.05) is 37.6 Å². The van der Waals surface area contributed by atoms with Gasteiger partial charge in [0.2, 0.25) is 0 Å². The van der Waals surface area contributed by atoms with E-state index in [1.807, 2.05) is 31.3 Å². The van der Waals surface area contributed by atoms with E-state index in [0.29, 0.717) is 16.4 Å². The fourth-order valence-corrected chi connectivity index (χ4v) is 2.70. The third kappa shape index (κ3) is 2.36. The van der Waals surface area contributed by atoms with Gasteiger partial charge in [-0.15, -0.1) is 0 Å². The van der Waals surface area contributed by atoms with Crippen LogP contribution in [0.4, 0.5) is 5.82 Å². The molecule has 0 radical (unpaired) electrons. The van der Waals surface area contributed by atoms with Crippen molar-refractivity contribution in [3.63, 3.8) is 0 Å². The first kappa shape index (κ1) is 13.9. The zero-order valence-electron chi connectivity index (χ0n) is 12.1. The number of halogens is 1. The van der Waals surface area contributed by atoms with Crippen LogP contribution in [0.5, 0.6) is 0 Å². The fraction of sp³-hybridized carbons (Fsp3) is 0.250. The van der Waals surface area contributed by atoms with Crippen LogP contribution < -0.4 is 5.32 Å². The summed E-state index contributed by atoms with van der Waals surface area (Å²) in [5, 5.41) is 4.69. The predicted molar refractivity (Wildman–Crippen MR) is 85.9 cm³/mol. The Kier molecular flexibility index (Phi) is 3.55. The van der Waals surface area contributed by atoms with Crippen molar-refractivity contribution in [3.8, 4) is 11.5 Å². The maximum absolute atomic E-state index is 6.18. The Morgan fingerprint density at radius 1 is 1.24 bits per heavy atom. The van der Waals surface area contributed by atoms with Crippen molar-refractivity contribution >= 4 is 28.4 Å². The minimum atomic E-state index is 0.271. The van der Waals surface area contributed by atoms with Gasteiger partial charge in [-0.3, -0.25) is 0 Å². The summed E-state index contributed by atoms with van der Waals surface area (Å²) in [6.07, 6.45) is 1.54. The van der Waals surface area contributed by atoms with Gasteiger partial charge in [0.25, 0.3) is 0 Å². The minimum Gasteiger partial charge on any atom is -0.453 e. The summed E-state index contributed by atoms with van der Waals surface area (Å²) >= 11 is 6.18. The minimum absolute atomic E-state index is 0.271. The Morgan fingerprint density at radius 3 is 2.71 bits per heavy atom. The van der Waals surface area contributed by atoms with E-state index in [9.17, 15) is 0 Å². The van der Waals surface area contributed by atoms with Crippen LogP contribution in [0.15, 0.2) is 35.0 Å². The number of benzene rings is 1. The summed E-state index contributed by atoms with van der Waals surface area (Å²) in [7, 11) is 1.85. The van der Waals surface area contributed by atoms with Gasteiger partial charge in [0.05, 0.1) is 5.02 Å². The maximum Gasteiger partial charge on any atom is 0.154 e. The molecular formula is C16H16ClN3O. The number of rotatable bonds is 3. The quantitative estimate of drug-likeness (QED) is 0.761. The SMILES string of the molecule is CNc1ncnc(-c2cc3cccc(Cl)c3o2)c1C(C)C. The molecule has 0 aliphatic heterocycles. The van der Waals surface area contributed by atoms with E-state index in [-0.39, 0.29) is 5.92 Å². The highest BCUT2D eigenvalue weighted by molar-refractivity contribution is 6.34. The fourth-order valence-electron chi connectivity index (χ4n) is 2.48. The molecule has 0 amide bonds. The Hall–Kier alpha value is -2.07. The smallest absolute Gasteiger partial charge is 0.154 e. The summed E-state index contributed by atoms with van der Waals surface area (Å²) in [6.45, 7) is 4.22. The van der Waals surface area contributed by atoms with Crippen molar-refractivity contribution < 1.29 is 4.42 Å². The second-order valence-corrected chi connectivity index (χ2v) is 5.57. The van der Waals surface area contributed by atoms with E-state index >= 15 is 0 Å². The number of hydrogen-bond acceptors (Lipinski definition) is 4. The Bertz CT molecular complexity index is 795. The Morgan fingerprint density at radius 2 is 2.05 bits per heavy atom. The molecule has 1 N–H and O–H groups in total. The van der Waals surface area contributed by atoms with Crippen LogP contribution in [0, 0.1) is 0 Å². The molecule has 0 saturated carbocycles. The molecule has 21 heavy (non-hydrogen) atoms. The van der Waals surface area contributed by atoms with E-state index in [2.05, 4.69) is 29.1 Å².